The predicted octanol–water partition coefficient (Wildman–Crippen LogP) is 1.14. The Morgan fingerprint density at radius 3 is 2.00 bits per heavy atom. The van der Waals surface area contributed by atoms with E-state index in [0.717, 1.165) is 14.2 Å². The summed E-state index contributed by atoms with van der Waals surface area (Å²) in [5, 5.41) is 8.64. The first-order valence-electron chi connectivity index (χ1n) is 4.58. The van der Waals surface area contributed by atoms with E-state index in [4.69, 9.17) is 14.7 Å². The van der Waals surface area contributed by atoms with Crippen molar-refractivity contribution in [3.63, 3.8) is 0 Å². The zero-order valence-corrected chi connectivity index (χ0v) is 10.2. The van der Waals surface area contributed by atoms with Gasteiger partial charge in [-0.1, -0.05) is 12.1 Å². The molecule has 6 nitrogen and oxygen atoms in total. The van der Waals surface area contributed by atoms with Crippen molar-refractivity contribution in [3.05, 3.63) is 35.4 Å². The molecule has 7 heteroatoms. The van der Waals surface area contributed by atoms with Gasteiger partial charge in [-0.3, -0.25) is 4.57 Å². The molecule has 2 N–H and O–H groups in total. The third-order valence-corrected chi connectivity index (χ3v) is 3.71. The van der Waals surface area contributed by atoms with E-state index in [9.17, 15) is 14.4 Å². The van der Waals surface area contributed by atoms with Crippen LogP contribution in [0, 0.1) is 11.3 Å². The average molecular weight is 257 g/mol. The van der Waals surface area contributed by atoms with Crippen LogP contribution in [0.2, 0.25) is 0 Å². The smallest absolute Gasteiger partial charge is 0.340 e. The lowest BCUT2D eigenvalue weighted by Crippen LogP contribution is -2.30. The van der Waals surface area contributed by atoms with Crippen LogP contribution in [-0.2, 0) is 19.6 Å². The van der Waals surface area contributed by atoms with Crippen LogP contribution < -0.4 is 0 Å². The molecule has 0 aromatic heterocycles. The summed E-state index contributed by atoms with van der Waals surface area (Å²) in [6.45, 7) is 0. The van der Waals surface area contributed by atoms with E-state index in [-0.39, 0.29) is 5.56 Å². The molecule has 0 amide bonds. The summed E-state index contributed by atoms with van der Waals surface area (Å²) in [6, 6.07) is 7.52. The highest BCUT2D eigenvalue weighted by Crippen LogP contribution is 2.57. The largest absolute Gasteiger partial charge is 0.389 e. The summed E-state index contributed by atoms with van der Waals surface area (Å²) in [6.07, 6.45) is 0. The number of nitrogens with zero attached hydrogens (tertiary/aromatic N) is 1. The fourth-order valence-electron chi connectivity index (χ4n) is 1.48. The molecule has 92 valence electrons. The lowest BCUT2D eigenvalue weighted by molar-refractivity contribution is -0.162. The second-order valence-electron chi connectivity index (χ2n) is 3.22. The molecule has 0 saturated heterocycles. The molecule has 0 bridgehead atoms. The second-order valence-corrected chi connectivity index (χ2v) is 4.90. The van der Waals surface area contributed by atoms with Gasteiger partial charge in [0.15, 0.2) is 0 Å². The molecule has 0 aliphatic carbocycles. The van der Waals surface area contributed by atoms with Gasteiger partial charge in [0.05, 0.1) is 11.6 Å². The SMILES string of the molecule is COC(OC)(c1ccc(C#N)cc1)P(=O)(O)O. The van der Waals surface area contributed by atoms with E-state index in [0.29, 0.717) is 5.56 Å². The summed E-state index contributed by atoms with van der Waals surface area (Å²) >= 11 is 0. The maximum Gasteiger partial charge on any atom is 0.389 e. The topological polar surface area (TPSA) is 99.8 Å². The van der Waals surface area contributed by atoms with E-state index in [2.05, 4.69) is 0 Å². The zero-order chi connectivity index (χ0) is 13.1. The lowest BCUT2D eigenvalue weighted by atomic mass is 10.1. The van der Waals surface area contributed by atoms with Crippen molar-refractivity contribution >= 4 is 7.60 Å². The highest BCUT2D eigenvalue weighted by molar-refractivity contribution is 7.52. The molecule has 0 aliphatic rings. The second kappa shape index (κ2) is 4.96. The Labute approximate surface area is 98.6 Å². The number of hydrogen-bond acceptors (Lipinski definition) is 4. The highest BCUT2D eigenvalue weighted by Gasteiger charge is 2.50. The molecule has 17 heavy (non-hydrogen) atoms. The van der Waals surface area contributed by atoms with E-state index in [1.807, 2.05) is 6.07 Å². The third-order valence-electron chi connectivity index (χ3n) is 2.32. The molecule has 0 aliphatic heterocycles. The minimum atomic E-state index is -4.68. The van der Waals surface area contributed by atoms with Crippen LogP contribution in [0.5, 0.6) is 0 Å². The van der Waals surface area contributed by atoms with E-state index >= 15 is 0 Å². The summed E-state index contributed by atoms with van der Waals surface area (Å²) < 4.78 is 21.1. The molecule has 0 spiro atoms. The Morgan fingerprint density at radius 2 is 1.71 bits per heavy atom. The molecule has 1 rings (SSSR count). The van der Waals surface area contributed by atoms with Gasteiger partial charge in [-0.15, -0.1) is 0 Å². The van der Waals surface area contributed by atoms with Gasteiger partial charge in [-0.2, -0.15) is 5.26 Å². The van der Waals surface area contributed by atoms with Gasteiger partial charge in [-0.05, 0) is 12.1 Å². The molecule has 0 heterocycles. The van der Waals surface area contributed by atoms with Crippen molar-refractivity contribution in [1.29, 1.82) is 5.26 Å². The predicted molar refractivity (Wildman–Crippen MR) is 58.9 cm³/mol. The number of nitriles is 1. The summed E-state index contributed by atoms with van der Waals surface area (Å²) in [4.78, 5) is 18.6. The highest BCUT2D eigenvalue weighted by atomic mass is 31.2. The van der Waals surface area contributed by atoms with Crippen LogP contribution in [0.4, 0.5) is 0 Å². The standard InChI is InChI=1S/C10H12NO5P/c1-15-10(16-2,17(12,13)14)9-5-3-8(7-11)4-6-9/h3-6H,1-2H3,(H2,12,13,14). The van der Waals surface area contributed by atoms with Crippen molar-refractivity contribution in [1.82, 2.24) is 0 Å². The first-order valence-corrected chi connectivity index (χ1v) is 6.19. The van der Waals surface area contributed by atoms with Gasteiger partial charge < -0.3 is 19.3 Å². The van der Waals surface area contributed by atoms with Crippen LogP contribution >= 0.6 is 7.60 Å². The molecule has 0 atom stereocenters. The zero-order valence-electron chi connectivity index (χ0n) is 9.32. The molecule has 1 aromatic carbocycles. The van der Waals surface area contributed by atoms with Crippen LogP contribution in [0.3, 0.4) is 0 Å². The first kappa shape index (κ1) is 13.8. The Hall–Kier alpha value is -1.22. The number of methoxy groups -OCH3 is 2. The Kier molecular flexibility index (Phi) is 4.04. The molecule has 1 aromatic rings. The van der Waals surface area contributed by atoms with Crippen molar-refractivity contribution in [2.45, 2.75) is 5.53 Å². The summed E-state index contributed by atoms with van der Waals surface area (Å²) in [5.74, 6) is 0. The van der Waals surface area contributed by atoms with Crippen molar-refractivity contribution in [3.8, 4) is 6.07 Å². The summed E-state index contributed by atoms with van der Waals surface area (Å²) in [5.41, 5.74) is -1.61. The van der Waals surface area contributed by atoms with E-state index in [1.165, 1.54) is 24.3 Å². The Balaban J connectivity index is 3.33. The summed E-state index contributed by atoms with van der Waals surface area (Å²) in [7, 11) is -2.40. The number of ether oxygens (including phenoxy) is 2. The molecular weight excluding hydrogens is 245 g/mol. The van der Waals surface area contributed by atoms with Gasteiger partial charge in [0, 0.05) is 19.8 Å². The molecular formula is C10H12NO5P. The van der Waals surface area contributed by atoms with Crippen molar-refractivity contribution < 1.29 is 23.8 Å². The maximum atomic E-state index is 11.4. The maximum absolute atomic E-state index is 11.4. The monoisotopic (exact) mass is 257 g/mol. The van der Waals surface area contributed by atoms with Crippen LogP contribution in [0.1, 0.15) is 11.1 Å². The molecule has 0 radical (unpaired) electrons. The minimum absolute atomic E-state index is 0.148. The third kappa shape index (κ3) is 2.39. The fourth-order valence-corrected chi connectivity index (χ4v) is 2.44. The molecule has 0 fully saturated rings. The van der Waals surface area contributed by atoms with Gasteiger partial charge in [0.1, 0.15) is 0 Å². The van der Waals surface area contributed by atoms with Gasteiger partial charge in [0.2, 0.25) is 0 Å². The molecule has 0 saturated carbocycles. The number of rotatable bonds is 4. The minimum Gasteiger partial charge on any atom is -0.340 e. The normalized spacial score (nSPS) is 12.2. The van der Waals surface area contributed by atoms with Crippen molar-refractivity contribution in [2.75, 3.05) is 14.2 Å². The quantitative estimate of drug-likeness (QED) is 0.619. The van der Waals surface area contributed by atoms with Crippen LogP contribution in [0.25, 0.3) is 0 Å². The number of hydrogen-bond donors (Lipinski definition) is 2. The molecule has 0 unspecified atom stereocenters. The van der Waals surface area contributed by atoms with Gasteiger partial charge in [0.25, 0.3) is 5.53 Å². The number of benzene rings is 1. The average Bonchev–Trinajstić information content (AvgIpc) is 2.30. The van der Waals surface area contributed by atoms with E-state index < -0.39 is 13.1 Å². The van der Waals surface area contributed by atoms with Crippen molar-refractivity contribution in [2.24, 2.45) is 0 Å². The van der Waals surface area contributed by atoms with E-state index in [1.54, 1.807) is 0 Å². The van der Waals surface area contributed by atoms with Crippen LogP contribution in [-0.4, -0.2) is 24.0 Å². The van der Waals surface area contributed by atoms with Gasteiger partial charge in [-0.25, -0.2) is 0 Å². The fraction of sp³-hybridized carbons (Fsp3) is 0.300. The lowest BCUT2D eigenvalue weighted by Gasteiger charge is -2.31. The Morgan fingerprint density at radius 1 is 1.24 bits per heavy atom. The van der Waals surface area contributed by atoms with Gasteiger partial charge >= 0.3 is 7.60 Å². The Bertz CT molecular complexity index is 468. The van der Waals surface area contributed by atoms with Crippen LogP contribution in [0.15, 0.2) is 24.3 Å². The first-order chi connectivity index (χ1) is 7.91.